The largest absolute Gasteiger partial charge is 0.339 e. The van der Waals surface area contributed by atoms with Crippen LogP contribution >= 0.6 is 11.3 Å². The van der Waals surface area contributed by atoms with E-state index in [4.69, 9.17) is 0 Å². The number of hydrogen-bond acceptors (Lipinski definition) is 4. The zero-order chi connectivity index (χ0) is 15.5. The van der Waals surface area contributed by atoms with Crippen molar-refractivity contribution in [3.8, 4) is 0 Å². The van der Waals surface area contributed by atoms with Crippen LogP contribution in [0.1, 0.15) is 28.2 Å². The third kappa shape index (κ3) is 2.87. The van der Waals surface area contributed by atoms with Crippen LogP contribution in [0.15, 0.2) is 42.0 Å². The topological polar surface area (TPSA) is 53.5 Å². The van der Waals surface area contributed by atoms with Crippen LogP contribution in [0.25, 0.3) is 0 Å². The summed E-state index contributed by atoms with van der Waals surface area (Å²) in [5, 5.41) is 0. The minimum Gasteiger partial charge on any atom is -0.339 e. The molecule has 0 N–H and O–H groups in total. The molecule has 3 rings (SSSR count). The highest BCUT2D eigenvalue weighted by Crippen LogP contribution is 2.27. The minimum atomic E-state index is -0.117. The van der Waals surface area contributed by atoms with Crippen molar-refractivity contribution in [3.63, 3.8) is 0 Å². The second-order valence-electron chi connectivity index (χ2n) is 5.26. The van der Waals surface area contributed by atoms with Gasteiger partial charge in [0.25, 0.3) is 5.91 Å². The molecule has 6 heteroatoms. The van der Waals surface area contributed by atoms with E-state index in [1.165, 1.54) is 11.3 Å². The van der Waals surface area contributed by atoms with Crippen LogP contribution < -0.4 is 0 Å². The second kappa shape index (κ2) is 6.27. The zero-order valence-electron chi connectivity index (χ0n) is 12.3. The van der Waals surface area contributed by atoms with E-state index < -0.39 is 0 Å². The molecule has 114 valence electrons. The fourth-order valence-electron chi connectivity index (χ4n) is 2.74. The van der Waals surface area contributed by atoms with Crippen LogP contribution in [0, 0.1) is 0 Å². The number of carbonyl (C=O) groups is 2. The van der Waals surface area contributed by atoms with Gasteiger partial charge in [0.05, 0.1) is 17.7 Å². The number of thiazole rings is 1. The molecule has 2 amide bonds. The Morgan fingerprint density at radius 1 is 1.23 bits per heavy atom. The molecule has 1 saturated heterocycles. The predicted molar refractivity (Wildman–Crippen MR) is 84.6 cm³/mol. The van der Waals surface area contributed by atoms with Gasteiger partial charge in [-0.25, -0.2) is 0 Å². The summed E-state index contributed by atoms with van der Waals surface area (Å²) in [6, 6.07) is 9.75. The van der Waals surface area contributed by atoms with Gasteiger partial charge in [0.15, 0.2) is 0 Å². The van der Waals surface area contributed by atoms with E-state index in [9.17, 15) is 9.59 Å². The Labute approximate surface area is 133 Å². The van der Waals surface area contributed by atoms with E-state index in [-0.39, 0.29) is 17.9 Å². The SMILES string of the molecule is CC(=O)N1CCN(C(=O)c2cncs2)[C@H](c2ccccc2)C1. The zero-order valence-corrected chi connectivity index (χ0v) is 13.1. The third-order valence-corrected chi connectivity index (χ3v) is 4.68. The van der Waals surface area contributed by atoms with E-state index in [0.29, 0.717) is 24.5 Å². The summed E-state index contributed by atoms with van der Waals surface area (Å²) in [5.74, 6) is 0.0328. The van der Waals surface area contributed by atoms with Gasteiger partial charge in [-0.1, -0.05) is 30.3 Å². The van der Waals surface area contributed by atoms with Gasteiger partial charge in [-0.3, -0.25) is 14.6 Å². The molecule has 1 aromatic carbocycles. The Balaban J connectivity index is 1.90. The molecular formula is C16H17N3O2S. The van der Waals surface area contributed by atoms with Gasteiger partial charge in [-0.15, -0.1) is 11.3 Å². The van der Waals surface area contributed by atoms with Crippen LogP contribution in [0.2, 0.25) is 0 Å². The molecule has 5 nitrogen and oxygen atoms in total. The maximum atomic E-state index is 12.7. The molecule has 0 radical (unpaired) electrons. The molecule has 1 aliphatic heterocycles. The first-order valence-electron chi connectivity index (χ1n) is 7.16. The Bertz CT molecular complexity index is 657. The highest BCUT2D eigenvalue weighted by molar-refractivity contribution is 7.11. The lowest BCUT2D eigenvalue weighted by Crippen LogP contribution is -2.51. The van der Waals surface area contributed by atoms with Crippen LogP contribution in [-0.4, -0.2) is 46.2 Å². The summed E-state index contributed by atoms with van der Waals surface area (Å²) in [6.45, 7) is 3.21. The first kappa shape index (κ1) is 14.7. The Hall–Kier alpha value is -2.21. The first-order chi connectivity index (χ1) is 10.7. The average Bonchev–Trinajstić information content (AvgIpc) is 3.09. The number of hydrogen-bond donors (Lipinski definition) is 0. The smallest absolute Gasteiger partial charge is 0.266 e. The minimum absolute atomic E-state index is 0.0143. The molecule has 2 aromatic rings. The van der Waals surface area contributed by atoms with Crippen LogP contribution in [0.5, 0.6) is 0 Å². The Kier molecular flexibility index (Phi) is 4.20. The number of aromatic nitrogens is 1. The van der Waals surface area contributed by atoms with E-state index >= 15 is 0 Å². The Morgan fingerprint density at radius 3 is 2.64 bits per heavy atom. The van der Waals surface area contributed by atoms with Crippen molar-refractivity contribution in [2.75, 3.05) is 19.6 Å². The molecule has 1 atom stereocenters. The molecule has 22 heavy (non-hydrogen) atoms. The molecule has 0 bridgehead atoms. The highest BCUT2D eigenvalue weighted by Gasteiger charge is 2.33. The standard InChI is InChI=1S/C16H17N3O2S/c1-12(20)18-7-8-19(16(21)15-9-17-11-22-15)14(10-18)13-5-3-2-4-6-13/h2-6,9,11,14H,7-8,10H2,1H3/t14-/m0/s1. The maximum Gasteiger partial charge on any atom is 0.266 e. The van der Waals surface area contributed by atoms with E-state index in [0.717, 1.165) is 5.56 Å². The van der Waals surface area contributed by atoms with Gasteiger partial charge in [-0.2, -0.15) is 0 Å². The number of piperazine rings is 1. The average molecular weight is 315 g/mol. The van der Waals surface area contributed by atoms with Crippen molar-refractivity contribution >= 4 is 23.2 Å². The molecule has 0 spiro atoms. The summed E-state index contributed by atoms with van der Waals surface area (Å²) in [7, 11) is 0. The van der Waals surface area contributed by atoms with E-state index in [1.807, 2.05) is 35.2 Å². The molecule has 1 aliphatic rings. The number of benzene rings is 1. The molecule has 2 heterocycles. The van der Waals surface area contributed by atoms with Crippen molar-refractivity contribution in [3.05, 3.63) is 52.5 Å². The fraction of sp³-hybridized carbons (Fsp3) is 0.312. The number of rotatable bonds is 2. The molecule has 0 unspecified atom stereocenters. The van der Waals surface area contributed by atoms with Crippen molar-refractivity contribution in [1.29, 1.82) is 0 Å². The quantitative estimate of drug-likeness (QED) is 0.853. The molecule has 0 aliphatic carbocycles. The molecular weight excluding hydrogens is 298 g/mol. The molecule has 1 aromatic heterocycles. The number of carbonyl (C=O) groups excluding carboxylic acids is 2. The van der Waals surface area contributed by atoms with Crippen molar-refractivity contribution in [2.24, 2.45) is 0 Å². The van der Waals surface area contributed by atoms with Gasteiger partial charge in [-0.05, 0) is 5.56 Å². The summed E-state index contributed by atoms with van der Waals surface area (Å²) in [4.78, 5) is 32.7. The maximum absolute atomic E-state index is 12.7. The summed E-state index contributed by atoms with van der Waals surface area (Å²) in [5.41, 5.74) is 2.71. The number of nitrogens with zero attached hydrogens (tertiary/aromatic N) is 3. The van der Waals surface area contributed by atoms with Gasteiger partial charge >= 0.3 is 0 Å². The van der Waals surface area contributed by atoms with Crippen molar-refractivity contribution in [1.82, 2.24) is 14.8 Å². The molecule has 1 fully saturated rings. The lowest BCUT2D eigenvalue weighted by atomic mass is 10.0. The van der Waals surface area contributed by atoms with Gasteiger partial charge in [0.1, 0.15) is 4.88 Å². The summed E-state index contributed by atoms with van der Waals surface area (Å²) in [6.07, 6.45) is 1.60. The van der Waals surface area contributed by atoms with Crippen LogP contribution in [-0.2, 0) is 4.79 Å². The monoisotopic (exact) mass is 315 g/mol. The highest BCUT2D eigenvalue weighted by atomic mass is 32.1. The lowest BCUT2D eigenvalue weighted by Gasteiger charge is -2.41. The van der Waals surface area contributed by atoms with Crippen molar-refractivity contribution in [2.45, 2.75) is 13.0 Å². The Morgan fingerprint density at radius 2 is 2.00 bits per heavy atom. The number of amides is 2. The van der Waals surface area contributed by atoms with Crippen LogP contribution in [0.4, 0.5) is 0 Å². The third-order valence-electron chi connectivity index (χ3n) is 3.91. The predicted octanol–water partition coefficient (Wildman–Crippen LogP) is 2.19. The van der Waals surface area contributed by atoms with Crippen molar-refractivity contribution < 1.29 is 9.59 Å². The fourth-order valence-corrected chi connectivity index (χ4v) is 3.31. The van der Waals surface area contributed by atoms with E-state index in [2.05, 4.69) is 4.98 Å². The van der Waals surface area contributed by atoms with E-state index in [1.54, 1.807) is 23.5 Å². The normalized spacial score (nSPS) is 18.3. The second-order valence-corrected chi connectivity index (χ2v) is 6.14. The summed E-state index contributed by atoms with van der Waals surface area (Å²) >= 11 is 1.35. The first-order valence-corrected chi connectivity index (χ1v) is 8.04. The van der Waals surface area contributed by atoms with Gasteiger partial charge in [0, 0.05) is 26.6 Å². The summed E-state index contributed by atoms with van der Waals surface area (Å²) < 4.78 is 0. The lowest BCUT2D eigenvalue weighted by molar-refractivity contribution is -0.131. The molecule has 0 saturated carbocycles. The van der Waals surface area contributed by atoms with Gasteiger partial charge in [0.2, 0.25) is 5.91 Å². The van der Waals surface area contributed by atoms with Gasteiger partial charge < -0.3 is 9.80 Å². The van der Waals surface area contributed by atoms with Crippen LogP contribution in [0.3, 0.4) is 0 Å².